The Bertz CT molecular complexity index is 2640. The molecule has 0 aliphatic carbocycles. The van der Waals surface area contributed by atoms with Gasteiger partial charge >= 0.3 is 11.9 Å². The molecule has 15 heteroatoms. The lowest BCUT2D eigenvalue weighted by Crippen LogP contribution is -2.47. The third-order valence-electron chi connectivity index (χ3n) is 14.7. The van der Waals surface area contributed by atoms with Gasteiger partial charge in [0.1, 0.15) is 0 Å². The second-order valence-corrected chi connectivity index (χ2v) is 19.7. The Morgan fingerprint density at radius 1 is 0.707 bits per heavy atom. The van der Waals surface area contributed by atoms with Gasteiger partial charge < -0.3 is 47.1 Å². The van der Waals surface area contributed by atoms with Crippen molar-refractivity contribution in [1.29, 1.82) is 0 Å². The summed E-state index contributed by atoms with van der Waals surface area (Å²) in [6.45, 7) is 9.55. The van der Waals surface area contributed by atoms with E-state index < -0.39 is 11.8 Å². The Morgan fingerprint density at radius 3 is 1.92 bits per heavy atom. The van der Waals surface area contributed by atoms with Gasteiger partial charge in [0.05, 0.1) is 31.9 Å². The van der Waals surface area contributed by atoms with Crippen LogP contribution in [0.5, 0.6) is 0 Å². The highest BCUT2D eigenvalue weighted by Crippen LogP contribution is 2.30. The fraction of sp³-hybridized carbons (Fsp3) is 0.400. The van der Waals surface area contributed by atoms with Gasteiger partial charge in [0, 0.05) is 75.4 Å². The highest BCUT2D eigenvalue weighted by Gasteiger charge is 2.34. The Balaban J connectivity index is 0.000000246. The van der Waals surface area contributed by atoms with Crippen LogP contribution in [0.1, 0.15) is 90.1 Å². The Hall–Kier alpha value is -7.52. The normalized spacial score (nSPS) is 16.5. The maximum Gasteiger partial charge on any atom is 0.310 e. The summed E-state index contributed by atoms with van der Waals surface area (Å²) in [6.07, 6.45) is 11.1. The summed E-state index contributed by atoms with van der Waals surface area (Å²) >= 11 is 0. The summed E-state index contributed by atoms with van der Waals surface area (Å²) in [6, 6.07) is 36.2. The second-order valence-electron chi connectivity index (χ2n) is 19.7. The molecule has 398 valence electrons. The third kappa shape index (κ3) is 16.7. The average molecular weight is 1020 g/mol. The van der Waals surface area contributed by atoms with E-state index in [0.717, 1.165) is 92.5 Å². The monoisotopic (exact) mass is 1020 g/mol. The molecule has 3 heterocycles. The van der Waals surface area contributed by atoms with E-state index in [1.54, 1.807) is 31.6 Å². The number of piperidine rings is 2. The van der Waals surface area contributed by atoms with Crippen LogP contribution in [0.3, 0.4) is 0 Å². The summed E-state index contributed by atoms with van der Waals surface area (Å²) in [4.78, 5) is 64.5. The van der Waals surface area contributed by atoms with Crippen LogP contribution in [0.15, 0.2) is 145 Å². The number of likely N-dealkylation sites (tertiary alicyclic amines) is 2. The van der Waals surface area contributed by atoms with Crippen LogP contribution >= 0.6 is 0 Å². The van der Waals surface area contributed by atoms with Crippen LogP contribution < -0.4 is 27.8 Å². The topological polar surface area (TPSA) is 221 Å². The molecule has 4 aromatic carbocycles. The number of hydrogen-bond acceptors (Lipinski definition) is 11. The van der Waals surface area contributed by atoms with E-state index in [1.165, 1.54) is 19.8 Å². The van der Waals surface area contributed by atoms with Crippen molar-refractivity contribution in [3.63, 3.8) is 0 Å². The van der Waals surface area contributed by atoms with Crippen molar-refractivity contribution in [3.8, 4) is 22.3 Å². The molecule has 5 atom stereocenters. The molecule has 2 aliphatic rings. The summed E-state index contributed by atoms with van der Waals surface area (Å²) in [5, 5.41) is 6.20. The molecule has 75 heavy (non-hydrogen) atoms. The van der Waals surface area contributed by atoms with Crippen molar-refractivity contribution < 1.29 is 28.7 Å². The number of aromatic nitrogens is 1. The van der Waals surface area contributed by atoms with Gasteiger partial charge in [-0.05, 0) is 146 Å². The van der Waals surface area contributed by atoms with Crippen LogP contribution in [0.4, 0.5) is 0 Å². The lowest BCUT2D eigenvalue weighted by Gasteiger charge is -2.35. The SMILES string of the molecule is C=C(N)N1CCC(CC[C@@H](C(=O)OC)[C@@H](CCc2ccccc2)NC(=O)c2ccc(-c3cccnc3)cc2)CC1.CN=C(N)N1CCCC(CC(C(=O)OC)[C@@H](C)NC(=O)c2ccc(-c3cccc(CN)c3)cc2)C1. The number of pyridine rings is 1. The molecule has 15 nitrogen and oxygen atoms in total. The number of hydrogen-bond donors (Lipinski definition) is 5. The minimum Gasteiger partial charge on any atom is -0.469 e. The van der Waals surface area contributed by atoms with Crippen molar-refractivity contribution in [2.45, 2.75) is 83.3 Å². The van der Waals surface area contributed by atoms with E-state index in [0.29, 0.717) is 54.6 Å². The van der Waals surface area contributed by atoms with E-state index in [4.69, 9.17) is 26.7 Å². The number of amides is 2. The number of ether oxygens (including phenoxy) is 2. The van der Waals surface area contributed by atoms with E-state index in [9.17, 15) is 19.2 Å². The number of methoxy groups -OCH3 is 2. The number of nitrogens with zero attached hydrogens (tertiary/aromatic N) is 4. The molecule has 0 spiro atoms. The average Bonchev–Trinajstić information content (AvgIpc) is 3.46. The van der Waals surface area contributed by atoms with Crippen LogP contribution in [-0.2, 0) is 32.0 Å². The van der Waals surface area contributed by atoms with Gasteiger partial charge in [0.2, 0.25) is 0 Å². The molecule has 2 fully saturated rings. The Kier molecular flexibility index (Phi) is 21.8. The van der Waals surface area contributed by atoms with Crippen molar-refractivity contribution in [1.82, 2.24) is 25.4 Å². The molecule has 8 N–H and O–H groups in total. The predicted molar refractivity (Wildman–Crippen MR) is 297 cm³/mol. The number of carbonyl (C=O) groups excluding carboxylic acids is 4. The maximum atomic E-state index is 13.4. The number of nitrogens with two attached hydrogens (primary N) is 3. The molecule has 2 aliphatic heterocycles. The predicted octanol–water partition coefficient (Wildman–Crippen LogP) is 7.96. The molecule has 7 rings (SSSR count). The van der Waals surface area contributed by atoms with Crippen LogP contribution in [0, 0.1) is 23.7 Å². The number of esters is 2. The second kappa shape index (κ2) is 28.8. The number of guanidine groups is 1. The quantitative estimate of drug-likeness (QED) is 0.0285. The van der Waals surface area contributed by atoms with Gasteiger partial charge in [0.25, 0.3) is 11.8 Å². The molecule has 5 aromatic rings. The summed E-state index contributed by atoms with van der Waals surface area (Å²) < 4.78 is 10.3. The zero-order chi connectivity index (χ0) is 53.7. The number of rotatable bonds is 20. The molecular weight excluding hydrogens is 943 g/mol. The van der Waals surface area contributed by atoms with Gasteiger partial charge in [-0.2, -0.15) is 0 Å². The standard InChI is InChI=1S/C33H40N4O3.C27H37N5O3/c1-24(34)37-21-18-26(19-22-37)10-16-30(33(39)40-2)31(17-11-25-7-4-3-5-8-25)36-32(38)28-14-12-27(13-15-28)29-9-6-20-35-23-29;1-18(24(26(34)35-3)15-20-7-5-13-32(17-20)27(29)30-2)31-25(33)22-11-9-21(10-12-22)23-8-4-6-19(14-23)16-28/h3-9,12-15,20,23,26,30-31H,1,10-11,16-19,21-22,34H2,2H3,(H,36,38);4,6,8-12,14,18,20,24H,5,7,13,15-17,28H2,1-3H3,(H2,29,30)(H,31,33)/t30-,31-;18-,20?,24?/m11/s1. The lowest BCUT2D eigenvalue weighted by atomic mass is 9.84. The smallest absolute Gasteiger partial charge is 0.310 e. The van der Waals surface area contributed by atoms with Crippen molar-refractivity contribution >= 4 is 29.7 Å². The Morgan fingerprint density at radius 2 is 1.32 bits per heavy atom. The van der Waals surface area contributed by atoms with Crippen LogP contribution in [0.25, 0.3) is 22.3 Å². The third-order valence-corrected chi connectivity index (χ3v) is 14.7. The number of nitrogens with one attached hydrogen (secondary N) is 2. The summed E-state index contributed by atoms with van der Waals surface area (Å²) in [7, 11) is 4.49. The zero-order valence-electron chi connectivity index (χ0n) is 44.2. The van der Waals surface area contributed by atoms with Gasteiger partial charge in [-0.1, -0.05) is 85.4 Å². The number of aliphatic imine (C=N–C) groups is 1. The molecule has 0 radical (unpaired) electrons. The maximum absolute atomic E-state index is 13.4. The van der Waals surface area contributed by atoms with Gasteiger partial charge in [-0.3, -0.25) is 29.2 Å². The fourth-order valence-electron chi connectivity index (χ4n) is 10.2. The van der Waals surface area contributed by atoms with Crippen molar-refractivity contribution in [2.75, 3.05) is 47.4 Å². The summed E-state index contributed by atoms with van der Waals surface area (Å²) in [5.74, 6) is -0.0148. The first-order valence-corrected chi connectivity index (χ1v) is 26.2. The first-order valence-electron chi connectivity index (χ1n) is 26.2. The van der Waals surface area contributed by atoms with Crippen molar-refractivity contribution in [3.05, 3.63) is 162 Å². The molecule has 0 bridgehead atoms. The minimum atomic E-state index is -0.452. The largest absolute Gasteiger partial charge is 0.469 e. The number of aryl methyl sites for hydroxylation is 1. The van der Waals surface area contributed by atoms with Crippen molar-refractivity contribution in [2.24, 2.45) is 45.9 Å². The van der Waals surface area contributed by atoms with Gasteiger partial charge in [-0.15, -0.1) is 0 Å². The molecular formula is C60H77N9O6. The number of benzene rings is 4. The van der Waals surface area contributed by atoms with E-state index in [-0.39, 0.29) is 41.8 Å². The fourth-order valence-corrected chi connectivity index (χ4v) is 10.2. The lowest BCUT2D eigenvalue weighted by molar-refractivity contribution is -0.147. The minimum absolute atomic E-state index is 0.195. The van der Waals surface area contributed by atoms with Crippen LogP contribution in [-0.4, -0.2) is 104 Å². The zero-order valence-corrected chi connectivity index (χ0v) is 44.2. The van der Waals surface area contributed by atoms with E-state index in [2.05, 4.69) is 49.1 Å². The van der Waals surface area contributed by atoms with E-state index in [1.807, 2.05) is 97.9 Å². The molecule has 2 saturated heterocycles. The molecule has 2 amide bonds. The summed E-state index contributed by atoms with van der Waals surface area (Å²) in [5.41, 5.74) is 25.0. The highest BCUT2D eigenvalue weighted by molar-refractivity contribution is 5.96. The highest BCUT2D eigenvalue weighted by atomic mass is 16.5. The van der Waals surface area contributed by atoms with E-state index >= 15 is 0 Å². The van der Waals surface area contributed by atoms with Gasteiger partial charge in [0.15, 0.2) is 5.96 Å². The van der Waals surface area contributed by atoms with Crippen LogP contribution in [0.2, 0.25) is 0 Å². The molecule has 0 saturated carbocycles. The number of carbonyl (C=O) groups is 4. The first kappa shape index (κ1) is 56.8. The van der Waals surface area contributed by atoms with Gasteiger partial charge in [-0.25, -0.2) is 0 Å². The Labute approximate surface area is 443 Å². The molecule has 2 unspecified atom stereocenters. The molecule has 1 aromatic heterocycles. The first-order chi connectivity index (χ1) is 36.3.